The van der Waals surface area contributed by atoms with E-state index in [1.807, 2.05) is 0 Å². The third-order valence-corrected chi connectivity index (χ3v) is 4.94. The van der Waals surface area contributed by atoms with Crippen LogP contribution in [0, 0.1) is 17.7 Å². The molecule has 1 aromatic rings. The number of hydrogen-bond donors (Lipinski definition) is 1. The third-order valence-electron chi connectivity index (χ3n) is 4.61. The monoisotopic (exact) mass is 297 g/mol. The summed E-state index contributed by atoms with van der Waals surface area (Å²) in [6.45, 7) is 5.16. The van der Waals surface area contributed by atoms with Crippen molar-refractivity contribution in [1.82, 2.24) is 5.32 Å². The molecule has 0 aromatic heterocycles. The van der Waals surface area contributed by atoms with E-state index in [0.29, 0.717) is 16.5 Å². The largest absolute Gasteiger partial charge is 0.310 e. The lowest BCUT2D eigenvalue weighted by Crippen LogP contribution is -2.32. The minimum atomic E-state index is -0.179. The summed E-state index contributed by atoms with van der Waals surface area (Å²) >= 11 is 6.27. The summed E-state index contributed by atoms with van der Waals surface area (Å²) in [4.78, 5) is 0. The maximum atomic E-state index is 14.2. The molecule has 1 aliphatic carbocycles. The molecule has 3 atom stereocenters. The molecule has 0 saturated heterocycles. The maximum absolute atomic E-state index is 14.2. The van der Waals surface area contributed by atoms with Crippen LogP contribution in [0.5, 0.6) is 0 Å². The molecule has 20 heavy (non-hydrogen) atoms. The fraction of sp³-hybridized carbons (Fsp3) is 0.647. The van der Waals surface area contributed by atoms with Gasteiger partial charge in [-0.25, -0.2) is 4.39 Å². The van der Waals surface area contributed by atoms with Gasteiger partial charge in [0.15, 0.2) is 0 Å². The van der Waals surface area contributed by atoms with Crippen LogP contribution in [-0.4, -0.2) is 6.54 Å². The zero-order valence-electron chi connectivity index (χ0n) is 12.5. The first kappa shape index (κ1) is 15.8. The fourth-order valence-electron chi connectivity index (χ4n) is 3.54. The molecule has 3 heteroatoms. The van der Waals surface area contributed by atoms with Gasteiger partial charge in [0, 0.05) is 16.6 Å². The Kier molecular flexibility index (Phi) is 5.86. The summed E-state index contributed by atoms with van der Waals surface area (Å²) in [5.74, 6) is 1.09. The molecule has 1 fully saturated rings. The Morgan fingerprint density at radius 2 is 2.15 bits per heavy atom. The van der Waals surface area contributed by atoms with E-state index in [-0.39, 0.29) is 11.9 Å². The second kappa shape index (κ2) is 7.42. The number of hydrogen-bond acceptors (Lipinski definition) is 1. The Morgan fingerprint density at radius 1 is 1.35 bits per heavy atom. The maximum Gasteiger partial charge on any atom is 0.129 e. The Hall–Kier alpha value is -0.600. The van der Waals surface area contributed by atoms with Gasteiger partial charge in [0.1, 0.15) is 5.82 Å². The van der Waals surface area contributed by atoms with Gasteiger partial charge in [-0.3, -0.25) is 0 Å². The molecule has 2 rings (SSSR count). The van der Waals surface area contributed by atoms with Crippen molar-refractivity contribution >= 4 is 11.6 Å². The summed E-state index contributed by atoms with van der Waals surface area (Å²) in [6.07, 6.45) is 6.13. The molecule has 1 nitrogen and oxygen atoms in total. The van der Waals surface area contributed by atoms with Gasteiger partial charge < -0.3 is 5.32 Å². The first-order valence-corrected chi connectivity index (χ1v) is 8.22. The van der Waals surface area contributed by atoms with Crippen molar-refractivity contribution in [3.8, 4) is 0 Å². The van der Waals surface area contributed by atoms with Gasteiger partial charge in [-0.1, -0.05) is 50.8 Å². The van der Waals surface area contributed by atoms with Crippen molar-refractivity contribution < 1.29 is 4.39 Å². The van der Waals surface area contributed by atoms with E-state index in [9.17, 15) is 4.39 Å². The molecular weight excluding hydrogens is 273 g/mol. The topological polar surface area (TPSA) is 12.0 Å². The molecule has 0 heterocycles. The molecule has 0 spiro atoms. The first-order chi connectivity index (χ1) is 9.67. The minimum absolute atomic E-state index is 0.0445. The van der Waals surface area contributed by atoms with Gasteiger partial charge >= 0.3 is 0 Å². The van der Waals surface area contributed by atoms with E-state index in [1.165, 1.54) is 38.2 Å². The van der Waals surface area contributed by atoms with Gasteiger partial charge in [0.05, 0.1) is 0 Å². The highest BCUT2D eigenvalue weighted by Gasteiger charge is 2.31. The molecule has 0 radical (unpaired) electrons. The quantitative estimate of drug-likeness (QED) is 0.773. The zero-order chi connectivity index (χ0) is 14.5. The molecule has 1 saturated carbocycles. The SMILES string of the molecule is CCNC(c1c(F)cccc1Cl)C1CCCC(CC)C1. The molecule has 0 amide bonds. The van der Waals surface area contributed by atoms with Crippen molar-refractivity contribution in [2.45, 2.75) is 52.0 Å². The predicted molar refractivity (Wildman–Crippen MR) is 83.6 cm³/mol. The first-order valence-electron chi connectivity index (χ1n) is 7.84. The molecule has 1 aliphatic rings. The van der Waals surface area contributed by atoms with Gasteiger partial charge in [-0.15, -0.1) is 0 Å². The summed E-state index contributed by atoms with van der Waals surface area (Å²) in [5, 5.41) is 4.02. The number of nitrogens with one attached hydrogen (secondary N) is 1. The summed E-state index contributed by atoms with van der Waals surface area (Å²) < 4.78 is 14.2. The number of halogens is 2. The Morgan fingerprint density at radius 3 is 2.80 bits per heavy atom. The van der Waals surface area contributed by atoms with Gasteiger partial charge in [0.2, 0.25) is 0 Å². The standard InChI is InChI=1S/C17H25ClFN/c1-3-12-7-5-8-13(11-12)17(20-4-2)16-14(18)9-6-10-15(16)19/h6,9-10,12-13,17,20H,3-5,7-8,11H2,1-2H3. The molecular formula is C17H25ClFN. The highest BCUT2D eigenvalue weighted by atomic mass is 35.5. The smallest absolute Gasteiger partial charge is 0.129 e. The van der Waals surface area contributed by atoms with Crippen molar-refractivity contribution in [3.05, 3.63) is 34.6 Å². The average Bonchev–Trinajstić information content (AvgIpc) is 2.46. The van der Waals surface area contributed by atoms with E-state index < -0.39 is 0 Å². The second-order valence-electron chi connectivity index (χ2n) is 5.87. The lowest BCUT2D eigenvalue weighted by Gasteiger charge is -2.35. The molecule has 112 valence electrons. The van der Waals surface area contributed by atoms with Crippen LogP contribution in [0.2, 0.25) is 5.02 Å². The van der Waals surface area contributed by atoms with Crippen LogP contribution in [0.4, 0.5) is 4.39 Å². The summed E-state index contributed by atoms with van der Waals surface area (Å²) in [6, 6.07) is 5.04. The predicted octanol–water partition coefficient (Wildman–Crippen LogP) is 5.35. The van der Waals surface area contributed by atoms with Gasteiger partial charge in [0.25, 0.3) is 0 Å². The molecule has 1 aromatic carbocycles. The van der Waals surface area contributed by atoms with E-state index >= 15 is 0 Å². The van der Waals surface area contributed by atoms with Gasteiger partial charge in [-0.2, -0.15) is 0 Å². The molecule has 0 aliphatic heterocycles. The van der Waals surface area contributed by atoms with Crippen molar-refractivity contribution in [3.63, 3.8) is 0 Å². The lowest BCUT2D eigenvalue weighted by atomic mass is 9.75. The van der Waals surface area contributed by atoms with E-state index in [0.717, 1.165) is 12.5 Å². The second-order valence-corrected chi connectivity index (χ2v) is 6.28. The Labute approximate surface area is 126 Å². The highest BCUT2D eigenvalue weighted by Crippen LogP contribution is 2.40. The number of rotatable bonds is 5. The summed E-state index contributed by atoms with van der Waals surface area (Å²) in [5.41, 5.74) is 0.665. The normalized spacial score (nSPS) is 24.6. The van der Waals surface area contributed by atoms with Crippen LogP contribution < -0.4 is 5.32 Å². The van der Waals surface area contributed by atoms with Crippen LogP contribution >= 0.6 is 11.6 Å². The molecule has 1 N–H and O–H groups in total. The lowest BCUT2D eigenvalue weighted by molar-refractivity contribution is 0.208. The van der Waals surface area contributed by atoms with Crippen LogP contribution in [0.25, 0.3) is 0 Å². The van der Waals surface area contributed by atoms with Crippen LogP contribution in [0.1, 0.15) is 57.6 Å². The van der Waals surface area contributed by atoms with Crippen molar-refractivity contribution in [2.24, 2.45) is 11.8 Å². The van der Waals surface area contributed by atoms with E-state index in [1.54, 1.807) is 12.1 Å². The van der Waals surface area contributed by atoms with Crippen LogP contribution in [-0.2, 0) is 0 Å². The molecule has 0 bridgehead atoms. The highest BCUT2D eigenvalue weighted by molar-refractivity contribution is 6.31. The molecule has 3 unspecified atom stereocenters. The third kappa shape index (κ3) is 3.53. The number of benzene rings is 1. The average molecular weight is 298 g/mol. The van der Waals surface area contributed by atoms with Crippen molar-refractivity contribution in [2.75, 3.05) is 6.54 Å². The van der Waals surface area contributed by atoms with Gasteiger partial charge in [-0.05, 0) is 43.4 Å². The van der Waals surface area contributed by atoms with Crippen LogP contribution in [0.15, 0.2) is 18.2 Å². The van der Waals surface area contributed by atoms with E-state index in [2.05, 4.69) is 19.2 Å². The van der Waals surface area contributed by atoms with E-state index in [4.69, 9.17) is 11.6 Å². The Balaban J connectivity index is 2.26. The minimum Gasteiger partial charge on any atom is -0.310 e. The van der Waals surface area contributed by atoms with Crippen LogP contribution in [0.3, 0.4) is 0 Å². The zero-order valence-corrected chi connectivity index (χ0v) is 13.2. The Bertz CT molecular complexity index is 415. The van der Waals surface area contributed by atoms with Crippen molar-refractivity contribution in [1.29, 1.82) is 0 Å². The fourth-order valence-corrected chi connectivity index (χ4v) is 3.82. The summed E-state index contributed by atoms with van der Waals surface area (Å²) in [7, 11) is 0.